The number of hydrogen-bond donors (Lipinski definition) is 2. The van der Waals surface area contributed by atoms with Gasteiger partial charge in [-0.25, -0.2) is 0 Å². The van der Waals surface area contributed by atoms with E-state index < -0.39 is 0 Å². The zero-order valence-electron chi connectivity index (χ0n) is 17.2. The van der Waals surface area contributed by atoms with E-state index in [2.05, 4.69) is 50.8 Å². The lowest BCUT2D eigenvalue weighted by Crippen LogP contribution is -2.46. The Hall–Kier alpha value is -0.720. The topological polar surface area (TPSA) is 47.6 Å². The number of para-hydroxylation sites is 1. The van der Waals surface area contributed by atoms with Crippen molar-refractivity contribution < 1.29 is 4.79 Å². The molecule has 2 aliphatic rings. The van der Waals surface area contributed by atoms with Gasteiger partial charge in [-0.15, -0.1) is 37.2 Å². The Labute approximate surface area is 194 Å². The fraction of sp³-hybridized carbons (Fsp3) is 0.667. The van der Waals surface area contributed by atoms with Crippen LogP contribution in [0.5, 0.6) is 0 Å². The molecular weight excluding hydrogens is 431 g/mol. The van der Waals surface area contributed by atoms with Gasteiger partial charge in [-0.3, -0.25) is 9.69 Å². The van der Waals surface area contributed by atoms with Crippen molar-refractivity contribution in [2.45, 2.75) is 32.1 Å². The lowest BCUT2D eigenvalue weighted by Gasteiger charge is -2.36. The third kappa shape index (κ3) is 10.2. The van der Waals surface area contributed by atoms with E-state index in [1.165, 1.54) is 12.1 Å². The molecule has 1 aromatic rings. The van der Waals surface area contributed by atoms with Gasteiger partial charge >= 0.3 is 0 Å². The van der Waals surface area contributed by atoms with Crippen molar-refractivity contribution in [1.82, 2.24) is 15.5 Å². The summed E-state index contributed by atoms with van der Waals surface area (Å²) in [5, 5.41) is 6.45. The van der Waals surface area contributed by atoms with Crippen LogP contribution in [0.3, 0.4) is 0 Å². The van der Waals surface area contributed by atoms with Crippen molar-refractivity contribution in [3.63, 3.8) is 0 Å². The molecule has 1 aromatic carbocycles. The summed E-state index contributed by atoms with van der Waals surface area (Å²) < 4.78 is 0. The average Bonchev–Trinajstić information content (AvgIpc) is 3.21. The van der Waals surface area contributed by atoms with Crippen LogP contribution in [0.1, 0.15) is 32.1 Å². The average molecular weight is 468 g/mol. The van der Waals surface area contributed by atoms with Gasteiger partial charge in [0.05, 0.1) is 0 Å². The van der Waals surface area contributed by atoms with Crippen LogP contribution in [-0.2, 0) is 4.79 Å². The number of halogens is 3. The largest absolute Gasteiger partial charge is 0.369 e. The fourth-order valence-electron chi connectivity index (χ4n) is 3.94. The molecule has 2 heterocycles. The molecule has 2 fully saturated rings. The zero-order chi connectivity index (χ0) is 18.0. The van der Waals surface area contributed by atoms with Crippen molar-refractivity contribution >= 4 is 48.8 Å². The first-order valence-electron chi connectivity index (χ1n) is 10.3. The standard InChI is InChI=1S/C21H34N4O.3ClH/c26-21(9-8-19-10-12-22-18-19)23-11-4-5-13-24-14-16-25(17-15-24)20-6-2-1-3-7-20;;;/h1-3,6-7,19,22H,4-5,8-18H2,(H,23,26);3*1H. The predicted molar refractivity (Wildman–Crippen MR) is 129 cm³/mol. The number of anilines is 1. The molecular formula is C21H37Cl3N4O. The number of nitrogens with zero attached hydrogens (tertiary/aromatic N) is 2. The van der Waals surface area contributed by atoms with Gasteiger partial charge in [-0.2, -0.15) is 0 Å². The third-order valence-electron chi connectivity index (χ3n) is 5.66. The molecule has 0 aliphatic carbocycles. The summed E-state index contributed by atoms with van der Waals surface area (Å²) in [5.74, 6) is 0.934. The lowest BCUT2D eigenvalue weighted by molar-refractivity contribution is -0.121. The molecule has 5 nitrogen and oxygen atoms in total. The molecule has 2 aliphatic heterocycles. The summed E-state index contributed by atoms with van der Waals surface area (Å²) in [6.45, 7) is 8.66. The summed E-state index contributed by atoms with van der Waals surface area (Å²) in [4.78, 5) is 16.9. The second-order valence-corrected chi connectivity index (χ2v) is 7.62. The van der Waals surface area contributed by atoms with Gasteiger partial charge in [0.2, 0.25) is 5.91 Å². The Balaban J connectivity index is 0.00000261. The van der Waals surface area contributed by atoms with Gasteiger partial charge in [0.1, 0.15) is 0 Å². The first-order chi connectivity index (χ1) is 12.8. The van der Waals surface area contributed by atoms with Gasteiger partial charge in [0, 0.05) is 44.8 Å². The van der Waals surface area contributed by atoms with Crippen molar-refractivity contribution in [1.29, 1.82) is 0 Å². The van der Waals surface area contributed by atoms with Crippen molar-refractivity contribution in [3.8, 4) is 0 Å². The lowest BCUT2D eigenvalue weighted by atomic mass is 10.0. The van der Waals surface area contributed by atoms with Crippen LogP contribution < -0.4 is 15.5 Å². The summed E-state index contributed by atoms with van der Waals surface area (Å²) in [7, 11) is 0. The number of piperazine rings is 1. The molecule has 0 aromatic heterocycles. The van der Waals surface area contributed by atoms with Crippen molar-refractivity contribution in [2.75, 3.05) is 57.3 Å². The normalized spacial score (nSPS) is 18.9. The highest BCUT2D eigenvalue weighted by atomic mass is 35.5. The fourth-order valence-corrected chi connectivity index (χ4v) is 3.94. The number of nitrogens with one attached hydrogen (secondary N) is 2. The minimum Gasteiger partial charge on any atom is -0.369 e. The molecule has 168 valence electrons. The van der Waals surface area contributed by atoms with E-state index in [1.807, 2.05) is 0 Å². The maximum Gasteiger partial charge on any atom is 0.220 e. The van der Waals surface area contributed by atoms with Gasteiger partial charge in [-0.05, 0) is 63.4 Å². The molecule has 0 saturated carbocycles. The highest BCUT2D eigenvalue weighted by Crippen LogP contribution is 2.16. The number of carbonyl (C=O) groups is 1. The molecule has 2 saturated heterocycles. The molecule has 0 spiro atoms. The van der Waals surface area contributed by atoms with Gasteiger partial charge in [-0.1, -0.05) is 18.2 Å². The van der Waals surface area contributed by atoms with E-state index in [-0.39, 0.29) is 43.1 Å². The first kappa shape index (κ1) is 28.3. The highest BCUT2D eigenvalue weighted by molar-refractivity contribution is 5.86. The smallest absolute Gasteiger partial charge is 0.220 e. The Morgan fingerprint density at radius 3 is 2.41 bits per heavy atom. The highest BCUT2D eigenvalue weighted by Gasteiger charge is 2.17. The first-order valence-corrected chi connectivity index (χ1v) is 10.3. The van der Waals surface area contributed by atoms with E-state index >= 15 is 0 Å². The van der Waals surface area contributed by atoms with Crippen LogP contribution in [0, 0.1) is 5.92 Å². The van der Waals surface area contributed by atoms with Crippen LogP contribution in [0.2, 0.25) is 0 Å². The zero-order valence-corrected chi connectivity index (χ0v) is 19.6. The molecule has 0 bridgehead atoms. The Bertz CT molecular complexity index is 536. The van der Waals surface area contributed by atoms with Crippen LogP contribution in [0.15, 0.2) is 30.3 Å². The number of amides is 1. The molecule has 1 unspecified atom stereocenters. The number of rotatable bonds is 9. The predicted octanol–water partition coefficient (Wildman–Crippen LogP) is 3.36. The molecule has 2 N–H and O–H groups in total. The van der Waals surface area contributed by atoms with Crippen LogP contribution in [0.25, 0.3) is 0 Å². The number of hydrogen-bond acceptors (Lipinski definition) is 4. The summed E-state index contributed by atoms with van der Waals surface area (Å²) in [6, 6.07) is 10.7. The summed E-state index contributed by atoms with van der Waals surface area (Å²) in [5.41, 5.74) is 1.34. The van der Waals surface area contributed by atoms with Crippen LogP contribution >= 0.6 is 37.2 Å². The molecule has 1 atom stereocenters. The molecule has 1 amide bonds. The Morgan fingerprint density at radius 1 is 1.03 bits per heavy atom. The molecule has 0 radical (unpaired) electrons. The third-order valence-corrected chi connectivity index (χ3v) is 5.66. The van der Waals surface area contributed by atoms with E-state index in [9.17, 15) is 4.79 Å². The summed E-state index contributed by atoms with van der Waals surface area (Å²) >= 11 is 0. The minimum atomic E-state index is 0. The van der Waals surface area contributed by atoms with Gasteiger partial charge in [0.15, 0.2) is 0 Å². The monoisotopic (exact) mass is 466 g/mol. The maximum absolute atomic E-state index is 11.9. The quantitative estimate of drug-likeness (QED) is 0.547. The van der Waals surface area contributed by atoms with Gasteiger partial charge in [0.25, 0.3) is 0 Å². The van der Waals surface area contributed by atoms with E-state index in [0.29, 0.717) is 12.3 Å². The number of unbranched alkanes of at least 4 members (excludes halogenated alkanes) is 1. The molecule has 3 rings (SSSR count). The summed E-state index contributed by atoms with van der Waals surface area (Å²) in [6.07, 6.45) is 5.19. The second-order valence-electron chi connectivity index (χ2n) is 7.62. The van der Waals surface area contributed by atoms with E-state index in [0.717, 1.165) is 71.6 Å². The Morgan fingerprint density at radius 2 is 1.76 bits per heavy atom. The molecule has 8 heteroatoms. The van der Waals surface area contributed by atoms with Crippen molar-refractivity contribution in [3.05, 3.63) is 30.3 Å². The molecule has 29 heavy (non-hydrogen) atoms. The second kappa shape index (κ2) is 16.0. The van der Waals surface area contributed by atoms with Crippen molar-refractivity contribution in [2.24, 2.45) is 5.92 Å². The SMILES string of the molecule is Cl.Cl.Cl.O=C(CCC1CCNC1)NCCCCN1CCN(c2ccccc2)CC1. The number of benzene rings is 1. The Kier molecular flexibility index (Phi) is 15.6. The van der Waals surface area contributed by atoms with E-state index in [4.69, 9.17) is 0 Å². The maximum atomic E-state index is 11.9. The van der Waals surface area contributed by atoms with Crippen LogP contribution in [-0.4, -0.2) is 63.2 Å². The van der Waals surface area contributed by atoms with E-state index in [1.54, 1.807) is 0 Å². The minimum absolute atomic E-state index is 0. The number of carbonyl (C=O) groups excluding carboxylic acids is 1. The van der Waals surface area contributed by atoms with Gasteiger partial charge < -0.3 is 15.5 Å². The van der Waals surface area contributed by atoms with Crippen LogP contribution in [0.4, 0.5) is 5.69 Å².